The lowest BCUT2D eigenvalue weighted by Crippen LogP contribution is -2.13. The van der Waals surface area contributed by atoms with E-state index in [4.69, 9.17) is 28.9 Å². The first-order valence-electron chi connectivity index (χ1n) is 4.38. The second-order valence-corrected chi connectivity index (χ2v) is 3.96. The lowest BCUT2D eigenvalue weighted by Gasteiger charge is -2.11. The summed E-state index contributed by atoms with van der Waals surface area (Å²) in [4.78, 5) is 7.03. The highest BCUT2D eigenvalue weighted by atomic mass is 35.5. The molecule has 5 heteroatoms. The molecule has 0 aliphatic carbocycles. The number of aromatic amines is 1. The Morgan fingerprint density at radius 2 is 2.13 bits per heavy atom. The molecule has 0 saturated carbocycles. The molecule has 0 aliphatic rings. The number of halogens is 2. The normalized spacial score (nSPS) is 12.7. The van der Waals surface area contributed by atoms with Gasteiger partial charge in [-0.05, 0) is 17.7 Å². The monoisotopic (exact) mass is 241 g/mol. The molecule has 0 fully saturated rings. The van der Waals surface area contributed by atoms with Crippen LogP contribution in [0.25, 0.3) is 0 Å². The van der Waals surface area contributed by atoms with Crippen molar-refractivity contribution >= 4 is 23.2 Å². The second kappa shape index (κ2) is 4.23. The number of aromatic nitrogens is 2. The van der Waals surface area contributed by atoms with Crippen molar-refractivity contribution in [3.8, 4) is 0 Å². The zero-order valence-electron chi connectivity index (χ0n) is 7.74. The Kier molecular flexibility index (Phi) is 2.95. The van der Waals surface area contributed by atoms with Crippen LogP contribution in [0.15, 0.2) is 30.6 Å². The molecule has 2 aromatic rings. The van der Waals surface area contributed by atoms with E-state index in [2.05, 4.69) is 9.97 Å². The molecule has 1 atom stereocenters. The Hall–Kier alpha value is -1.03. The van der Waals surface area contributed by atoms with Crippen LogP contribution >= 0.6 is 23.2 Å². The first-order chi connectivity index (χ1) is 7.18. The van der Waals surface area contributed by atoms with Crippen LogP contribution in [0.1, 0.15) is 17.4 Å². The van der Waals surface area contributed by atoms with Gasteiger partial charge in [0, 0.05) is 22.4 Å². The summed E-state index contributed by atoms with van der Waals surface area (Å²) in [6.45, 7) is 0. The van der Waals surface area contributed by atoms with E-state index in [1.807, 2.05) is 0 Å². The van der Waals surface area contributed by atoms with Crippen molar-refractivity contribution < 1.29 is 0 Å². The summed E-state index contributed by atoms with van der Waals surface area (Å²) in [6.07, 6.45) is 3.37. The van der Waals surface area contributed by atoms with Crippen molar-refractivity contribution in [2.75, 3.05) is 0 Å². The molecule has 3 nitrogen and oxygen atoms in total. The number of nitrogens with zero attached hydrogens (tertiary/aromatic N) is 1. The number of hydrogen-bond acceptors (Lipinski definition) is 2. The Balaban J connectivity index is 2.38. The van der Waals surface area contributed by atoms with Gasteiger partial charge in [-0.2, -0.15) is 0 Å². The molecular weight excluding hydrogens is 233 g/mol. The predicted molar refractivity (Wildman–Crippen MR) is 61.1 cm³/mol. The van der Waals surface area contributed by atoms with Gasteiger partial charge in [0.1, 0.15) is 5.82 Å². The van der Waals surface area contributed by atoms with E-state index in [1.165, 1.54) is 0 Å². The largest absolute Gasteiger partial charge is 0.347 e. The summed E-state index contributed by atoms with van der Waals surface area (Å²) < 4.78 is 0. The lowest BCUT2D eigenvalue weighted by atomic mass is 10.1. The van der Waals surface area contributed by atoms with Gasteiger partial charge >= 0.3 is 0 Å². The molecule has 1 heterocycles. The van der Waals surface area contributed by atoms with Gasteiger partial charge in [-0.1, -0.05) is 29.3 Å². The molecule has 78 valence electrons. The maximum atomic E-state index is 6.04. The maximum Gasteiger partial charge on any atom is 0.127 e. The maximum absolute atomic E-state index is 6.04. The van der Waals surface area contributed by atoms with Crippen LogP contribution in [-0.4, -0.2) is 9.97 Å². The van der Waals surface area contributed by atoms with Crippen LogP contribution < -0.4 is 5.73 Å². The van der Waals surface area contributed by atoms with Gasteiger partial charge in [0.2, 0.25) is 0 Å². The molecule has 1 aromatic carbocycles. The molecular formula is C10H9Cl2N3. The second-order valence-electron chi connectivity index (χ2n) is 3.12. The van der Waals surface area contributed by atoms with E-state index in [-0.39, 0.29) is 6.04 Å². The first-order valence-corrected chi connectivity index (χ1v) is 5.14. The number of nitrogens with two attached hydrogens (primary N) is 1. The van der Waals surface area contributed by atoms with Crippen LogP contribution in [-0.2, 0) is 0 Å². The average Bonchev–Trinajstić information content (AvgIpc) is 2.69. The van der Waals surface area contributed by atoms with Gasteiger partial charge in [0.25, 0.3) is 0 Å². The van der Waals surface area contributed by atoms with Gasteiger partial charge in [-0.25, -0.2) is 4.98 Å². The molecule has 2 rings (SSSR count). The minimum Gasteiger partial charge on any atom is -0.347 e. The SMILES string of the molecule is NC(c1ncc[nH]1)c1ccc(Cl)cc1Cl. The smallest absolute Gasteiger partial charge is 0.127 e. The van der Waals surface area contributed by atoms with E-state index >= 15 is 0 Å². The number of hydrogen-bond donors (Lipinski definition) is 2. The molecule has 0 bridgehead atoms. The van der Waals surface area contributed by atoms with Gasteiger partial charge < -0.3 is 10.7 Å². The third-order valence-electron chi connectivity index (χ3n) is 2.11. The Labute approximate surface area is 97.2 Å². The minimum atomic E-state index is -0.357. The van der Waals surface area contributed by atoms with Crippen molar-refractivity contribution in [1.29, 1.82) is 0 Å². The topological polar surface area (TPSA) is 54.7 Å². The number of nitrogens with one attached hydrogen (secondary N) is 1. The zero-order valence-corrected chi connectivity index (χ0v) is 9.26. The molecule has 15 heavy (non-hydrogen) atoms. The molecule has 1 unspecified atom stereocenters. The summed E-state index contributed by atoms with van der Waals surface area (Å²) in [5, 5.41) is 1.14. The lowest BCUT2D eigenvalue weighted by molar-refractivity contribution is 0.801. The highest BCUT2D eigenvalue weighted by molar-refractivity contribution is 6.35. The van der Waals surface area contributed by atoms with Crippen LogP contribution in [0.4, 0.5) is 0 Å². The third-order valence-corrected chi connectivity index (χ3v) is 2.67. The van der Waals surface area contributed by atoms with Gasteiger partial charge in [-0.15, -0.1) is 0 Å². The van der Waals surface area contributed by atoms with E-state index in [1.54, 1.807) is 30.6 Å². The Morgan fingerprint density at radius 3 is 2.73 bits per heavy atom. The molecule has 0 spiro atoms. The third kappa shape index (κ3) is 2.15. The van der Waals surface area contributed by atoms with E-state index < -0.39 is 0 Å². The highest BCUT2D eigenvalue weighted by Gasteiger charge is 2.14. The van der Waals surface area contributed by atoms with Crippen molar-refractivity contribution in [2.24, 2.45) is 5.73 Å². The Morgan fingerprint density at radius 1 is 1.33 bits per heavy atom. The minimum absolute atomic E-state index is 0.357. The van der Waals surface area contributed by atoms with Crippen LogP contribution in [0.3, 0.4) is 0 Å². The van der Waals surface area contributed by atoms with Crippen molar-refractivity contribution in [1.82, 2.24) is 9.97 Å². The Bertz CT molecular complexity index is 454. The van der Waals surface area contributed by atoms with Crippen molar-refractivity contribution in [2.45, 2.75) is 6.04 Å². The van der Waals surface area contributed by atoms with Gasteiger partial charge in [0.05, 0.1) is 6.04 Å². The molecule has 0 radical (unpaired) electrons. The van der Waals surface area contributed by atoms with Crippen molar-refractivity contribution in [3.63, 3.8) is 0 Å². The molecule has 3 N–H and O–H groups in total. The fourth-order valence-corrected chi connectivity index (χ4v) is 1.87. The van der Waals surface area contributed by atoms with Crippen LogP contribution in [0, 0.1) is 0 Å². The van der Waals surface area contributed by atoms with Crippen LogP contribution in [0.2, 0.25) is 10.0 Å². The van der Waals surface area contributed by atoms with E-state index in [9.17, 15) is 0 Å². The summed E-state index contributed by atoms with van der Waals surface area (Å²) in [6, 6.07) is 4.87. The number of imidazole rings is 1. The van der Waals surface area contributed by atoms with E-state index in [0.29, 0.717) is 15.9 Å². The predicted octanol–water partition coefficient (Wildman–Crippen LogP) is 2.76. The van der Waals surface area contributed by atoms with E-state index in [0.717, 1.165) is 5.56 Å². The summed E-state index contributed by atoms with van der Waals surface area (Å²) >= 11 is 11.8. The number of rotatable bonds is 2. The quantitative estimate of drug-likeness (QED) is 0.850. The molecule has 0 aliphatic heterocycles. The first kappa shape index (κ1) is 10.5. The average molecular weight is 242 g/mol. The fourth-order valence-electron chi connectivity index (χ4n) is 1.35. The molecule has 1 aromatic heterocycles. The number of H-pyrrole nitrogens is 1. The van der Waals surface area contributed by atoms with Gasteiger partial charge in [-0.3, -0.25) is 0 Å². The zero-order chi connectivity index (χ0) is 10.8. The van der Waals surface area contributed by atoms with Crippen molar-refractivity contribution in [3.05, 3.63) is 52.0 Å². The standard InChI is InChI=1S/C10H9Cl2N3/c11-6-1-2-7(8(12)5-6)9(13)10-14-3-4-15-10/h1-5,9H,13H2,(H,14,15). The highest BCUT2D eigenvalue weighted by Crippen LogP contribution is 2.27. The fraction of sp³-hybridized carbons (Fsp3) is 0.100. The molecule has 0 saturated heterocycles. The summed E-state index contributed by atoms with van der Waals surface area (Å²) in [5.41, 5.74) is 6.79. The summed E-state index contributed by atoms with van der Waals surface area (Å²) in [5.74, 6) is 0.680. The summed E-state index contributed by atoms with van der Waals surface area (Å²) in [7, 11) is 0. The number of benzene rings is 1. The molecule has 0 amide bonds. The van der Waals surface area contributed by atoms with Gasteiger partial charge in [0.15, 0.2) is 0 Å². The van der Waals surface area contributed by atoms with Crippen LogP contribution in [0.5, 0.6) is 0 Å².